The Balaban J connectivity index is 1.85. The van der Waals surface area contributed by atoms with E-state index in [1.54, 1.807) is 36.4 Å². The number of halogens is 1. The van der Waals surface area contributed by atoms with Gasteiger partial charge in [0.25, 0.3) is 5.91 Å². The van der Waals surface area contributed by atoms with E-state index in [0.29, 0.717) is 24.3 Å². The van der Waals surface area contributed by atoms with Gasteiger partial charge >= 0.3 is 0 Å². The van der Waals surface area contributed by atoms with E-state index in [1.165, 1.54) is 12.1 Å². The fourth-order valence-electron chi connectivity index (χ4n) is 2.12. The van der Waals surface area contributed by atoms with Crippen LogP contribution >= 0.6 is 0 Å². The second-order valence-corrected chi connectivity index (χ2v) is 5.17. The molecule has 5 heteroatoms. The van der Waals surface area contributed by atoms with Crippen molar-refractivity contribution in [2.75, 3.05) is 18.9 Å². The number of quaternary nitrogens is 1. The lowest BCUT2D eigenvalue weighted by Crippen LogP contribution is -3.08. The molecule has 0 fully saturated rings. The Morgan fingerprint density at radius 1 is 1.18 bits per heavy atom. The fourth-order valence-corrected chi connectivity index (χ4v) is 2.12. The number of hydrogen-bond donors (Lipinski definition) is 2. The molecule has 22 heavy (non-hydrogen) atoms. The summed E-state index contributed by atoms with van der Waals surface area (Å²) in [5, 5.41) is 11.5. The molecule has 0 aliphatic heterocycles. The third-order valence-corrected chi connectivity index (χ3v) is 3.18. The second kappa shape index (κ2) is 7.34. The van der Waals surface area contributed by atoms with Crippen LogP contribution in [0.2, 0.25) is 0 Å². The Morgan fingerprint density at radius 3 is 2.41 bits per heavy atom. The number of nitriles is 1. The van der Waals surface area contributed by atoms with Gasteiger partial charge in [-0.1, -0.05) is 12.1 Å². The molecular formula is C17H17FN3O+. The maximum Gasteiger partial charge on any atom is 0.279 e. The van der Waals surface area contributed by atoms with Crippen LogP contribution in [0, 0.1) is 17.1 Å². The highest BCUT2D eigenvalue weighted by atomic mass is 19.1. The Bertz CT molecular complexity index is 675. The van der Waals surface area contributed by atoms with Gasteiger partial charge in [-0.15, -0.1) is 0 Å². The van der Waals surface area contributed by atoms with Crippen LogP contribution in [0.15, 0.2) is 48.5 Å². The van der Waals surface area contributed by atoms with Crippen LogP contribution in [0.3, 0.4) is 0 Å². The standard InChI is InChI=1S/C17H16FN3O/c1-21(11-14-2-6-15(18)7-3-14)12-17(22)20-16-8-4-13(10-19)5-9-16/h2-9H,11-12H2,1H3,(H,20,22)/p+1. The molecule has 2 aromatic rings. The molecule has 1 amide bonds. The van der Waals surface area contributed by atoms with Gasteiger partial charge in [0.05, 0.1) is 18.7 Å². The SMILES string of the molecule is C[NH+](CC(=O)Nc1ccc(C#N)cc1)Cc1ccc(F)cc1. The zero-order valence-electron chi connectivity index (χ0n) is 12.3. The fraction of sp³-hybridized carbons (Fsp3) is 0.176. The van der Waals surface area contributed by atoms with Crippen molar-refractivity contribution in [1.82, 2.24) is 0 Å². The van der Waals surface area contributed by atoms with Crippen molar-refractivity contribution >= 4 is 11.6 Å². The number of nitrogens with zero attached hydrogens (tertiary/aromatic N) is 1. The van der Waals surface area contributed by atoms with Gasteiger partial charge in [-0.25, -0.2) is 4.39 Å². The van der Waals surface area contributed by atoms with Crippen molar-refractivity contribution in [3.63, 3.8) is 0 Å². The number of amides is 1. The van der Waals surface area contributed by atoms with Gasteiger partial charge in [-0.3, -0.25) is 4.79 Å². The highest BCUT2D eigenvalue weighted by molar-refractivity contribution is 5.91. The van der Waals surface area contributed by atoms with Gasteiger partial charge in [0.2, 0.25) is 0 Å². The number of carbonyl (C=O) groups excluding carboxylic acids is 1. The molecule has 0 spiro atoms. The van der Waals surface area contributed by atoms with Crippen molar-refractivity contribution in [3.8, 4) is 6.07 Å². The van der Waals surface area contributed by atoms with Crippen molar-refractivity contribution < 1.29 is 14.1 Å². The van der Waals surface area contributed by atoms with Crippen LogP contribution in [0.4, 0.5) is 10.1 Å². The number of likely N-dealkylation sites (N-methyl/N-ethyl adjacent to an activating group) is 1. The van der Waals surface area contributed by atoms with Crippen molar-refractivity contribution in [1.29, 1.82) is 5.26 Å². The van der Waals surface area contributed by atoms with Crippen LogP contribution in [0.5, 0.6) is 0 Å². The van der Waals surface area contributed by atoms with Crippen LogP contribution < -0.4 is 10.2 Å². The molecule has 0 aromatic heterocycles. The van der Waals surface area contributed by atoms with Gasteiger partial charge < -0.3 is 10.2 Å². The third kappa shape index (κ3) is 4.69. The Morgan fingerprint density at radius 2 is 1.82 bits per heavy atom. The third-order valence-electron chi connectivity index (χ3n) is 3.18. The van der Waals surface area contributed by atoms with E-state index in [1.807, 2.05) is 13.1 Å². The molecular weight excluding hydrogens is 281 g/mol. The summed E-state index contributed by atoms with van der Waals surface area (Å²) < 4.78 is 12.8. The van der Waals surface area contributed by atoms with Crippen molar-refractivity contribution in [2.24, 2.45) is 0 Å². The molecule has 0 saturated heterocycles. The molecule has 4 nitrogen and oxygen atoms in total. The van der Waals surface area contributed by atoms with Gasteiger partial charge in [-0.05, 0) is 36.4 Å². The van der Waals surface area contributed by atoms with E-state index < -0.39 is 0 Å². The summed E-state index contributed by atoms with van der Waals surface area (Å²) in [6.07, 6.45) is 0. The minimum absolute atomic E-state index is 0.107. The molecule has 0 radical (unpaired) electrons. The average molecular weight is 298 g/mol. The highest BCUT2D eigenvalue weighted by Gasteiger charge is 2.11. The lowest BCUT2D eigenvalue weighted by atomic mass is 10.2. The number of hydrogen-bond acceptors (Lipinski definition) is 2. The van der Waals surface area contributed by atoms with E-state index >= 15 is 0 Å². The summed E-state index contributed by atoms with van der Waals surface area (Å²) in [7, 11) is 1.90. The minimum atomic E-state index is -0.264. The molecule has 2 rings (SSSR count). The van der Waals surface area contributed by atoms with E-state index in [9.17, 15) is 9.18 Å². The average Bonchev–Trinajstić information content (AvgIpc) is 2.50. The molecule has 0 aliphatic rings. The van der Waals surface area contributed by atoms with Crippen LogP contribution in [-0.4, -0.2) is 19.5 Å². The Hall–Kier alpha value is -2.71. The number of rotatable bonds is 5. The quantitative estimate of drug-likeness (QED) is 0.875. The molecule has 1 unspecified atom stereocenters. The molecule has 112 valence electrons. The molecule has 0 bridgehead atoms. The zero-order valence-corrected chi connectivity index (χ0v) is 12.3. The summed E-state index contributed by atoms with van der Waals surface area (Å²) in [6, 6.07) is 15.0. The monoisotopic (exact) mass is 298 g/mol. The second-order valence-electron chi connectivity index (χ2n) is 5.17. The minimum Gasteiger partial charge on any atom is -0.326 e. The predicted octanol–water partition coefficient (Wildman–Crippen LogP) is 1.35. The Kier molecular flexibility index (Phi) is 5.23. The van der Waals surface area contributed by atoms with Crippen LogP contribution in [0.25, 0.3) is 0 Å². The van der Waals surface area contributed by atoms with E-state index in [4.69, 9.17) is 5.26 Å². The smallest absolute Gasteiger partial charge is 0.279 e. The van der Waals surface area contributed by atoms with Gasteiger partial charge in [0, 0.05) is 11.3 Å². The summed E-state index contributed by atoms with van der Waals surface area (Å²) in [5.41, 5.74) is 2.20. The molecule has 2 aromatic carbocycles. The summed E-state index contributed by atoms with van der Waals surface area (Å²) in [6.45, 7) is 0.943. The topological polar surface area (TPSA) is 57.3 Å². The number of benzene rings is 2. The van der Waals surface area contributed by atoms with E-state index in [0.717, 1.165) is 10.5 Å². The first-order chi connectivity index (χ1) is 10.6. The zero-order chi connectivity index (χ0) is 15.9. The first kappa shape index (κ1) is 15.7. The lowest BCUT2D eigenvalue weighted by molar-refractivity contribution is -0.885. The molecule has 0 saturated carbocycles. The molecule has 2 N–H and O–H groups in total. The van der Waals surface area contributed by atoms with Crippen LogP contribution in [-0.2, 0) is 11.3 Å². The molecule has 0 heterocycles. The maximum absolute atomic E-state index is 12.8. The highest BCUT2D eigenvalue weighted by Crippen LogP contribution is 2.08. The number of nitrogens with one attached hydrogen (secondary N) is 2. The normalized spacial score (nSPS) is 11.5. The summed E-state index contributed by atoms with van der Waals surface area (Å²) in [4.78, 5) is 13.0. The largest absolute Gasteiger partial charge is 0.326 e. The first-order valence-electron chi connectivity index (χ1n) is 6.92. The van der Waals surface area contributed by atoms with Gasteiger partial charge in [0.15, 0.2) is 6.54 Å². The van der Waals surface area contributed by atoms with Crippen molar-refractivity contribution in [3.05, 3.63) is 65.5 Å². The molecule has 0 aliphatic carbocycles. The maximum atomic E-state index is 12.8. The van der Waals surface area contributed by atoms with Gasteiger partial charge in [0.1, 0.15) is 12.4 Å². The summed E-state index contributed by atoms with van der Waals surface area (Å²) in [5.74, 6) is -0.371. The first-order valence-corrected chi connectivity index (χ1v) is 6.92. The number of carbonyl (C=O) groups is 1. The van der Waals surface area contributed by atoms with Crippen molar-refractivity contribution in [2.45, 2.75) is 6.54 Å². The predicted molar refractivity (Wildman–Crippen MR) is 81.6 cm³/mol. The Labute approximate surface area is 128 Å². The summed E-state index contributed by atoms with van der Waals surface area (Å²) >= 11 is 0. The number of anilines is 1. The molecule has 1 atom stereocenters. The van der Waals surface area contributed by atoms with Gasteiger partial charge in [-0.2, -0.15) is 5.26 Å². The van der Waals surface area contributed by atoms with Crippen LogP contribution in [0.1, 0.15) is 11.1 Å². The van der Waals surface area contributed by atoms with E-state index in [2.05, 4.69) is 5.32 Å². The van der Waals surface area contributed by atoms with E-state index in [-0.39, 0.29) is 11.7 Å². The lowest BCUT2D eigenvalue weighted by Gasteiger charge is -2.14.